The molecule has 7 heteroatoms. The first-order valence-corrected chi connectivity index (χ1v) is 10.9. The fourth-order valence-electron chi connectivity index (χ4n) is 3.37. The van der Waals surface area contributed by atoms with E-state index >= 15 is 0 Å². The number of para-hydroxylation sites is 2. The van der Waals surface area contributed by atoms with Crippen LogP contribution in [-0.2, 0) is 5.75 Å². The first-order valence-electron chi connectivity index (χ1n) is 9.87. The van der Waals surface area contributed by atoms with Crippen LogP contribution in [0.15, 0.2) is 78.0 Å². The molecule has 0 saturated carbocycles. The summed E-state index contributed by atoms with van der Waals surface area (Å²) < 4.78 is 0. The molecule has 2 N–H and O–H groups in total. The summed E-state index contributed by atoms with van der Waals surface area (Å²) in [6.45, 7) is 1.97. The van der Waals surface area contributed by atoms with Gasteiger partial charge in [0.15, 0.2) is 5.65 Å². The van der Waals surface area contributed by atoms with Crippen LogP contribution in [-0.4, -0.2) is 26.1 Å². The van der Waals surface area contributed by atoms with E-state index in [1.165, 1.54) is 11.8 Å². The fraction of sp³-hybridized carbons (Fsp3) is 0.0833. The van der Waals surface area contributed by atoms with Gasteiger partial charge in [-0.2, -0.15) is 0 Å². The monoisotopic (exact) mass is 425 g/mol. The lowest BCUT2D eigenvalue weighted by atomic mass is 10.1. The number of anilines is 1. The lowest BCUT2D eigenvalue weighted by Gasteiger charge is -2.08. The maximum Gasteiger partial charge on any atom is 0.255 e. The Morgan fingerprint density at radius 1 is 0.968 bits per heavy atom. The smallest absolute Gasteiger partial charge is 0.255 e. The second-order valence-electron chi connectivity index (χ2n) is 7.22. The zero-order chi connectivity index (χ0) is 21.2. The number of nitrogens with zero attached hydrogens (tertiary/aromatic N) is 3. The topological polar surface area (TPSA) is 83.6 Å². The molecular formula is C24H19N5OS. The van der Waals surface area contributed by atoms with Gasteiger partial charge in [0.2, 0.25) is 5.16 Å². The number of benzene rings is 3. The number of nitrogens with one attached hydrogen (secondary N) is 2. The summed E-state index contributed by atoms with van der Waals surface area (Å²) in [5.74, 6) is 0.568. The van der Waals surface area contributed by atoms with E-state index in [1.54, 1.807) is 0 Å². The highest BCUT2D eigenvalue weighted by Gasteiger charge is 2.10. The minimum Gasteiger partial charge on any atom is -0.338 e. The molecule has 6 nitrogen and oxygen atoms in total. The van der Waals surface area contributed by atoms with Crippen molar-refractivity contribution in [2.45, 2.75) is 17.8 Å². The Labute approximate surface area is 183 Å². The zero-order valence-corrected chi connectivity index (χ0v) is 17.6. The number of amides is 1. The third-order valence-electron chi connectivity index (χ3n) is 5.08. The highest BCUT2D eigenvalue weighted by atomic mass is 32.2. The van der Waals surface area contributed by atoms with Crippen molar-refractivity contribution in [1.29, 1.82) is 0 Å². The van der Waals surface area contributed by atoms with Crippen LogP contribution in [0.4, 0.5) is 5.69 Å². The average Bonchev–Trinajstić information content (AvgIpc) is 3.17. The van der Waals surface area contributed by atoms with E-state index in [0.717, 1.165) is 38.9 Å². The van der Waals surface area contributed by atoms with Gasteiger partial charge in [-0.15, -0.1) is 10.2 Å². The van der Waals surface area contributed by atoms with Crippen molar-refractivity contribution in [3.05, 3.63) is 89.5 Å². The Morgan fingerprint density at radius 3 is 2.58 bits per heavy atom. The number of rotatable bonds is 5. The van der Waals surface area contributed by atoms with Gasteiger partial charge in [-0.3, -0.25) is 4.79 Å². The minimum atomic E-state index is -0.120. The molecule has 152 valence electrons. The van der Waals surface area contributed by atoms with Crippen molar-refractivity contribution in [3.63, 3.8) is 0 Å². The maximum absolute atomic E-state index is 12.5. The zero-order valence-electron chi connectivity index (χ0n) is 16.8. The van der Waals surface area contributed by atoms with Crippen molar-refractivity contribution in [2.24, 2.45) is 0 Å². The van der Waals surface area contributed by atoms with Gasteiger partial charge in [-0.25, -0.2) is 4.98 Å². The van der Waals surface area contributed by atoms with Crippen molar-refractivity contribution < 1.29 is 4.79 Å². The van der Waals surface area contributed by atoms with Gasteiger partial charge in [0.05, 0.1) is 0 Å². The van der Waals surface area contributed by atoms with Gasteiger partial charge in [0.25, 0.3) is 5.91 Å². The number of hydrogen-bond acceptors (Lipinski definition) is 5. The number of hydrogen-bond donors (Lipinski definition) is 2. The molecule has 1 amide bonds. The largest absolute Gasteiger partial charge is 0.338 e. The Kier molecular flexibility index (Phi) is 5.09. The molecular weight excluding hydrogens is 406 g/mol. The number of H-pyrrole nitrogens is 1. The van der Waals surface area contributed by atoms with Gasteiger partial charge in [-0.05, 0) is 42.3 Å². The predicted octanol–water partition coefficient (Wildman–Crippen LogP) is 5.36. The Morgan fingerprint density at radius 2 is 1.74 bits per heavy atom. The average molecular weight is 426 g/mol. The van der Waals surface area contributed by atoms with E-state index in [4.69, 9.17) is 0 Å². The Bertz CT molecular complexity index is 1390. The van der Waals surface area contributed by atoms with Crippen molar-refractivity contribution >= 4 is 45.4 Å². The first kappa shape index (κ1) is 19.3. The molecule has 0 aliphatic rings. The number of aromatic amines is 1. The lowest BCUT2D eigenvalue weighted by molar-refractivity contribution is 0.102. The first-order chi connectivity index (χ1) is 15.2. The van der Waals surface area contributed by atoms with E-state index in [2.05, 4.69) is 25.5 Å². The predicted molar refractivity (Wildman–Crippen MR) is 124 cm³/mol. The molecule has 0 spiro atoms. The fourth-order valence-corrected chi connectivity index (χ4v) is 4.12. The second kappa shape index (κ2) is 8.20. The molecule has 5 aromatic rings. The highest BCUT2D eigenvalue weighted by Crippen LogP contribution is 2.25. The minimum absolute atomic E-state index is 0.120. The van der Waals surface area contributed by atoms with Crippen LogP contribution in [0.1, 0.15) is 21.5 Å². The Balaban J connectivity index is 1.26. The van der Waals surface area contributed by atoms with Gasteiger partial charge >= 0.3 is 0 Å². The number of aryl methyl sites for hydroxylation is 1. The molecule has 0 bridgehead atoms. The van der Waals surface area contributed by atoms with Crippen LogP contribution in [0.3, 0.4) is 0 Å². The number of aromatic nitrogens is 4. The summed E-state index contributed by atoms with van der Waals surface area (Å²) in [6.07, 6.45) is 0. The molecule has 5 rings (SSSR count). The van der Waals surface area contributed by atoms with Gasteiger partial charge < -0.3 is 10.3 Å². The lowest BCUT2D eigenvalue weighted by Crippen LogP contribution is -2.12. The molecule has 2 aromatic heterocycles. The van der Waals surface area contributed by atoms with Crippen molar-refractivity contribution in [3.8, 4) is 0 Å². The normalized spacial score (nSPS) is 11.1. The SMILES string of the molecule is Cc1ccccc1NC(=O)c1ccc(CSc2nnc3c(n2)[nH]c2ccccc23)cc1. The molecule has 0 atom stereocenters. The van der Waals surface area contributed by atoms with E-state index in [-0.39, 0.29) is 5.91 Å². The third-order valence-corrected chi connectivity index (χ3v) is 5.99. The van der Waals surface area contributed by atoms with Gasteiger partial charge in [-0.1, -0.05) is 60.3 Å². The summed E-state index contributed by atoms with van der Waals surface area (Å²) >= 11 is 1.51. The van der Waals surface area contributed by atoms with E-state index in [0.29, 0.717) is 16.5 Å². The Hall–Kier alpha value is -3.71. The van der Waals surface area contributed by atoms with E-state index in [9.17, 15) is 4.79 Å². The molecule has 3 aromatic carbocycles. The summed E-state index contributed by atoms with van der Waals surface area (Å²) in [5.41, 5.74) is 6.08. The standard InChI is InChI=1S/C24H19N5OS/c1-15-6-2-4-8-19(15)26-23(30)17-12-10-16(11-13-17)14-31-24-27-22-21(28-29-24)18-7-3-5-9-20(18)25-22/h2-13H,14H2,1H3,(H,26,30)(H,25,27,29). The maximum atomic E-state index is 12.5. The molecule has 2 heterocycles. The van der Waals surface area contributed by atoms with Gasteiger partial charge in [0, 0.05) is 27.9 Å². The second-order valence-corrected chi connectivity index (χ2v) is 8.16. The molecule has 0 saturated heterocycles. The van der Waals surface area contributed by atoms with Crippen LogP contribution >= 0.6 is 11.8 Å². The van der Waals surface area contributed by atoms with E-state index < -0.39 is 0 Å². The molecule has 31 heavy (non-hydrogen) atoms. The summed E-state index contributed by atoms with van der Waals surface area (Å²) in [7, 11) is 0. The van der Waals surface area contributed by atoms with Crippen LogP contribution in [0.2, 0.25) is 0 Å². The molecule has 0 aliphatic heterocycles. The summed E-state index contributed by atoms with van der Waals surface area (Å²) in [6, 6.07) is 23.3. The number of thioether (sulfide) groups is 1. The van der Waals surface area contributed by atoms with Crippen LogP contribution in [0.25, 0.3) is 22.1 Å². The summed E-state index contributed by atoms with van der Waals surface area (Å²) in [5, 5.41) is 13.2. The van der Waals surface area contributed by atoms with Crippen LogP contribution in [0.5, 0.6) is 0 Å². The van der Waals surface area contributed by atoms with Crippen LogP contribution in [0, 0.1) is 6.92 Å². The van der Waals surface area contributed by atoms with Crippen molar-refractivity contribution in [1.82, 2.24) is 20.2 Å². The van der Waals surface area contributed by atoms with E-state index in [1.807, 2.05) is 79.7 Å². The molecule has 0 aliphatic carbocycles. The van der Waals surface area contributed by atoms with Crippen LogP contribution < -0.4 is 5.32 Å². The van der Waals surface area contributed by atoms with Crippen molar-refractivity contribution in [2.75, 3.05) is 5.32 Å². The quantitative estimate of drug-likeness (QED) is 0.370. The number of carbonyl (C=O) groups is 1. The number of fused-ring (bicyclic) bond motifs is 3. The summed E-state index contributed by atoms with van der Waals surface area (Å²) in [4.78, 5) is 20.4. The molecule has 0 unspecified atom stereocenters. The molecule has 0 fully saturated rings. The molecule has 0 radical (unpaired) electrons. The number of carbonyl (C=O) groups excluding carboxylic acids is 1. The van der Waals surface area contributed by atoms with Gasteiger partial charge in [0.1, 0.15) is 5.52 Å². The highest BCUT2D eigenvalue weighted by molar-refractivity contribution is 7.98. The third kappa shape index (κ3) is 4.00.